The van der Waals surface area contributed by atoms with Crippen molar-refractivity contribution in [1.29, 1.82) is 0 Å². The number of aromatic nitrogens is 3. The molecule has 2 aromatic rings. The number of nitrogens with one attached hydrogen (secondary N) is 2. The molecule has 0 bridgehead atoms. The topological polar surface area (TPSA) is 109 Å². The Balaban J connectivity index is 1.92. The van der Waals surface area contributed by atoms with Crippen LogP contribution in [0.2, 0.25) is 5.15 Å². The van der Waals surface area contributed by atoms with E-state index in [0.29, 0.717) is 29.6 Å². The minimum atomic E-state index is -0.584. The van der Waals surface area contributed by atoms with Crippen LogP contribution in [-0.2, 0) is 4.74 Å². The van der Waals surface area contributed by atoms with Crippen molar-refractivity contribution in [1.82, 2.24) is 25.6 Å². The Kier molecular flexibility index (Phi) is 5.77. The lowest BCUT2D eigenvalue weighted by molar-refractivity contribution is -0.0909. The standard InChI is InChI=1S/C17H20ClN5O3/c1-9(24)14-6-20-7-15(26-14)10-3-12(23-16(18)4-10)11-5-13(17(25)19-2)22-8-21-11/h3-5,8-9,14-15,20,24H,6-7H2,1-2H3,(H,19,25)/t9-,14-,15-/m0/s1. The molecular weight excluding hydrogens is 358 g/mol. The highest BCUT2D eigenvalue weighted by molar-refractivity contribution is 6.29. The van der Waals surface area contributed by atoms with Crippen molar-refractivity contribution in [2.45, 2.75) is 25.2 Å². The van der Waals surface area contributed by atoms with Gasteiger partial charge in [0.1, 0.15) is 17.2 Å². The van der Waals surface area contributed by atoms with Gasteiger partial charge in [-0.2, -0.15) is 0 Å². The Labute approximate surface area is 156 Å². The molecule has 3 N–H and O–H groups in total. The molecule has 8 nitrogen and oxygen atoms in total. The number of hydrogen-bond donors (Lipinski definition) is 3. The minimum absolute atomic E-state index is 0.241. The Hall–Kier alpha value is -2.13. The van der Waals surface area contributed by atoms with Crippen molar-refractivity contribution in [2.75, 3.05) is 20.1 Å². The van der Waals surface area contributed by atoms with E-state index in [2.05, 4.69) is 25.6 Å². The van der Waals surface area contributed by atoms with Crippen molar-refractivity contribution in [3.8, 4) is 11.4 Å². The molecule has 0 aromatic carbocycles. The molecule has 1 amide bonds. The van der Waals surface area contributed by atoms with Gasteiger partial charge in [0.05, 0.1) is 29.7 Å². The van der Waals surface area contributed by atoms with Crippen LogP contribution in [0.3, 0.4) is 0 Å². The highest BCUT2D eigenvalue weighted by Crippen LogP contribution is 2.28. The third-order valence-electron chi connectivity index (χ3n) is 4.13. The van der Waals surface area contributed by atoms with Crippen LogP contribution >= 0.6 is 11.6 Å². The number of hydrogen-bond acceptors (Lipinski definition) is 7. The number of aliphatic hydroxyl groups excluding tert-OH is 1. The van der Waals surface area contributed by atoms with E-state index in [4.69, 9.17) is 16.3 Å². The van der Waals surface area contributed by atoms with E-state index in [1.54, 1.807) is 19.1 Å². The third kappa shape index (κ3) is 4.16. The fraction of sp³-hybridized carbons (Fsp3) is 0.412. The van der Waals surface area contributed by atoms with Crippen molar-refractivity contribution in [3.63, 3.8) is 0 Å². The molecule has 2 aromatic heterocycles. The number of amides is 1. The fourth-order valence-corrected chi connectivity index (χ4v) is 2.95. The van der Waals surface area contributed by atoms with Crippen molar-refractivity contribution >= 4 is 17.5 Å². The van der Waals surface area contributed by atoms with Crippen LogP contribution in [0.5, 0.6) is 0 Å². The molecule has 1 fully saturated rings. The van der Waals surface area contributed by atoms with E-state index >= 15 is 0 Å². The maximum Gasteiger partial charge on any atom is 0.269 e. The van der Waals surface area contributed by atoms with E-state index in [0.717, 1.165) is 5.56 Å². The molecule has 3 rings (SSSR count). The maximum absolute atomic E-state index is 11.8. The smallest absolute Gasteiger partial charge is 0.269 e. The molecule has 0 aliphatic carbocycles. The van der Waals surface area contributed by atoms with Gasteiger partial charge in [0.15, 0.2) is 0 Å². The molecule has 9 heteroatoms. The average Bonchev–Trinajstić information content (AvgIpc) is 2.67. The summed E-state index contributed by atoms with van der Waals surface area (Å²) in [5, 5.41) is 15.8. The van der Waals surface area contributed by atoms with Crippen LogP contribution in [0, 0.1) is 0 Å². The van der Waals surface area contributed by atoms with E-state index < -0.39 is 6.10 Å². The summed E-state index contributed by atoms with van der Waals surface area (Å²) in [6.45, 7) is 2.87. The van der Waals surface area contributed by atoms with Gasteiger partial charge in [0, 0.05) is 20.1 Å². The van der Waals surface area contributed by atoms with Gasteiger partial charge in [0.25, 0.3) is 5.91 Å². The summed E-state index contributed by atoms with van der Waals surface area (Å²) in [6.07, 6.45) is 0.148. The molecule has 3 atom stereocenters. The van der Waals surface area contributed by atoms with Crippen LogP contribution in [0.4, 0.5) is 0 Å². The predicted molar refractivity (Wildman–Crippen MR) is 95.8 cm³/mol. The van der Waals surface area contributed by atoms with Gasteiger partial charge >= 0.3 is 0 Å². The molecule has 26 heavy (non-hydrogen) atoms. The second-order valence-electron chi connectivity index (χ2n) is 6.04. The molecule has 1 saturated heterocycles. The Morgan fingerprint density at radius 1 is 1.35 bits per heavy atom. The van der Waals surface area contributed by atoms with Crippen molar-refractivity contribution < 1.29 is 14.6 Å². The zero-order chi connectivity index (χ0) is 18.7. The molecule has 0 radical (unpaired) electrons. The number of carbonyl (C=O) groups is 1. The molecule has 138 valence electrons. The minimum Gasteiger partial charge on any atom is -0.391 e. The summed E-state index contributed by atoms with van der Waals surface area (Å²) in [5.41, 5.74) is 2.06. The normalized spacial score (nSPS) is 21.2. The summed E-state index contributed by atoms with van der Waals surface area (Å²) in [6, 6.07) is 5.10. The monoisotopic (exact) mass is 377 g/mol. The zero-order valence-corrected chi connectivity index (χ0v) is 15.2. The summed E-state index contributed by atoms with van der Waals surface area (Å²) in [4.78, 5) is 24.2. The third-order valence-corrected chi connectivity index (χ3v) is 4.32. The molecule has 0 unspecified atom stereocenters. The van der Waals surface area contributed by atoms with Crippen LogP contribution in [0.15, 0.2) is 24.5 Å². The van der Waals surface area contributed by atoms with E-state index in [-0.39, 0.29) is 23.8 Å². The summed E-state index contributed by atoms with van der Waals surface area (Å²) in [5.74, 6) is -0.310. The van der Waals surface area contributed by atoms with Gasteiger partial charge in [-0.05, 0) is 30.7 Å². The number of halogens is 1. The first-order chi connectivity index (χ1) is 12.5. The highest BCUT2D eigenvalue weighted by Gasteiger charge is 2.27. The number of rotatable bonds is 4. The first-order valence-corrected chi connectivity index (χ1v) is 8.62. The molecule has 0 saturated carbocycles. The molecule has 1 aliphatic heterocycles. The van der Waals surface area contributed by atoms with Crippen LogP contribution in [-0.4, -0.2) is 58.3 Å². The second-order valence-corrected chi connectivity index (χ2v) is 6.43. The summed E-state index contributed by atoms with van der Waals surface area (Å²) < 4.78 is 5.96. The average molecular weight is 378 g/mol. The Morgan fingerprint density at radius 2 is 2.15 bits per heavy atom. The molecule has 1 aliphatic rings. The lowest BCUT2D eigenvalue weighted by Gasteiger charge is -2.32. The van der Waals surface area contributed by atoms with Gasteiger partial charge in [0.2, 0.25) is 0 Å². The second kappa shape index (κ2) is 8.05. The predicted octanol–water partition coefficient (Wildman–Crippen LogP) is 0.962. The van der Waals surface area contributed by atoms with E-state index in [1.165, 1.54) is 13.4 Å². The highest BCUT2D eigenvalue weighted by atomic mass is 35.5. The van der Waals surface area contributed by atoms with Crippen LogP contribution < -0.4 is 10.6 Å². The largest absolute Gasteiger partial charge is 0.391 e. The van der Waals surface area contributed by atoms with Crippen LogP contribution in [0.25, 0.3) is 11.4 Å². The van der Waals surface area contributed by atoms with Crippen LogP contribution in [0.1, 0.15) is 29.1 Å². The van der Waals surface area contributed by atoms with Gasteiger partial charge < -0.3 is 20.5 Å². The lowest BCUT2D eigenvalue weighted by Crippen LogP contribution is -2.45. The Morgan fingerprint density at radius 3 is 2.88 bits per heavy atom. The Bertz CT molecular complexity index is 802. The number of carbonyl (C=O) groups excluding carboxylic acids is 1. The molecule has 3 heterocycles. The quantitative estimate of drug-likeness (QED) is 0.681. The van der Waals surface area contributed by atoms with Gasteiger partial charge in [-0.25, -0.2) is 15.0 Å². The number of pyridine rings is 1. The maximum atomic E-state index is 11.8. The van der Waals surface area contributed by atoms with E-state index in [9.17, 15) is 9.90 Å². The zero-order valence-electron chi connectivity index (χ0n) is 14.4. The van der Waals surface area contributed by atoms with Gasteiger partial charge in [-0.3, -0.25) is 4.79 Å². The SMILES string of the molecule is CNC(=O)c1cc(-c2cc([C@@H]3CNC[C@@H]([C@H](C)O)O3)cc(Cl)n2)ncn1. The number of aliphatic hydroxyl groups is 1. The first-order valence-electron chi connectivity index (χ1n) is 8.24. The van der Waals surface area contributed by atoms with Crippen molar-refractivity contribution in [3.05, 3.63) is 40.9 Å². The van der Waals surface area contributed by atoms with Crippen molar-refractivity contribution in [2.24, 2.45) is 0 Å². The van der Waals surface area contributed by atoms with E-state index in [1.807, 2.05) is 6.07 Å². The number of nitrogens with zero attached hydrogens (tertiary/aromatic N) is 3. The lowest BCUT2D eigenvalue weighted by atomic mass is 10.1. The summed E-state index contributed by atoms with van der Waals surface area (Å²) >= 11 is 6.19. The number of morpholine rings is 1. The van der Waals surface area contributed by atoms with Gasteiger partial charge in [-0.1, -0.05) is 11.6 Å². The molecular formula is C17H20ClN5O3. The fourth-order valence-electron chi connectivity index (χ4n) is 2.73. The number of ether oxygens (including phenoxy) is 1. The van der Waals surface area contributed by atoms with Gasteiger partial charge in [-0.15, -0.1) is 0 Å². The summed E-state index contributed by atoms with van der Waals surface area (Å²) in [7, 11) is 1.53. The first kappa shape index (κ1) is 18.7. The molecule has 0 spiro atoms.